The van der Waals surface area contributed by atoms with Gasteiger partial charge in [0.15, 0.2) is 0 Å². The van der Waals surface area contributed by atoms with E-state index in [1.807, 2.05) is 36.4 Å². The zero-order chi connectivity index (χ0) is 7.82. The molecule has 0 aliphatic heterocycles. The number of hydrogen-bond acceptors (Lipinski definition) is 3. The smallest absolute Gasteiger partial charge is 0.427 e. The van der Waals surface area contributed by atoms with E-state index in [2.05, 4.69) is 0 Å². The first-order valence-electron chi connectivity index (χ1n) is 2.46. The van der Waals surface area contributed by atoms with Gasteiger partial charge in [0.05, 0.1) is 0 Å². The van der Waals surface area contributed by atoms with Crippen molar-refractivity contribution in [2.75, 3.05) is 0 Å². The van der Waals surface area contributed by atoms with Gasteiger partial charge < -0.3 is 10.3 Å². The monoisotopic (exact) mass is 276 g/mol. The molecule has 0 aliphatic rings. The Morgan fingerprint density at radius 1 is 0.636 bits per heavy atom. The number of hydrogen-bond donors (Lipinski definition) is 0. The van der Waals surface area contributed by atoms with Crippen LogP contribution in [0, 0.1) is 0 Å². The van der Waals surface area contributed by atoms with Crippen LogP contribution in [0.15, 0.2) is 36.4 Å². The van der Waals surface area contributed by atoms with Crippen LogP contribution in [0.1, 0.15) is 0 Å². The molecule has 0 spiro atoms. The quantitative estimate of drug-likeness (QED) is 0.349. The van der Waals surface area contributed by atoms with E-state index < -0.39 is 21.1 Å². The zero-order valence-electron chi connectivity index (χ0n) is 6.07. The van der Waals surface area contributed by atoms with Gasteiger partial charge in [-0.3, -0.25) is 0 Å². The molecule has 0 unspecified atom stereocenters. The fraction of sp³-hybridized carbons (Fsp3) is 0. The van der Waals surface area contributed by atoms with Crippen LogP contribution in [0.3, 0.4) is 0 Å². The maximum atomic E-state index is 8.57. The van der Waals surface area contributed by atoms with Crippen molar-refractivity contribution in [1.29, 1.82) is 0 Å². The SMILES string of the molecule is [Na+].[O-][I+2]([O-])[O-].c1ccccc1. The van der Waals surface area contributed by atoms with Gasteiger partial charge >= 0.3 is 29.6 Å². The molecule has 0 heterocycles. The molecular formula is C6H6INaO3. The van der Waals surface area contributed by atoms with E-state index in [1.165, 1.54) is 0 Å². The van der Waals surface area contributed by atoms with E-state index in [1.54, 1.807) is 0 Å². The summed E-state index contributed by atoms with van der Waals surface area (Å²) < 4.78 is 25.7. The number of rotatable bonds is 0. The Morgan fingerprint density at radius 2 is 0.727 bits per heavy atom. The standard InChI is InChI=1S/C6H6.IO3.Na/c1-2-4-6-5-3-1;2-1(3)4;/h1-6H;;/q;-1;+1. The van der Waals surface area contributed by atoms with Crippen molar-refractivity contribution < 1.29 is 60.9 Å². The van der Waals surface area contributed by atoms with E-state index >= 15 is 0 Å². The molecule has 0 aliphatic carbocycles. The Balaban J connectivity index is 0. The van der Waals surface area contributed by atoms with E-state index in [0.717, 1.165) is 0 Å². The van der Waals surface area contributed by atoms with Gasteiger partial charge in [0, 0.05) is 0 Å². The van der Waals surface area contributed by atoms with Crippen LogP contribution in [0.25, 0.3) is 0 Å². The summed E-state index contributed by atoms with van der Waals surface area (Å²) in [4.78, 5) is 0. The Kier molecular flexibility index (Phi) is 14.1. The summed E-state index contributed by atoms with van der Waals surface area (Å²) >= 11 is -4.01. The fourth-order valence-electron chi connectivity index (χ4n) is 0.385. The van der Waals surface area contributed by atoms with E-state index in [9.17, 15) is 0 Å². The molecule has 0 bridgehead atoms. The van der Waals surface area contributed by atoms with Crippen LogP contribution in [-0.4, -0.2) is 0 Å². The Morgan fingerprint density at radius 3 is 0.818 bits per heavy atom. The largest absolute Gasteiger partial charge is 1.00 e. The maximum Gasteiger partial charge on any atom is 1.00 e. The summed E-state index contributed by atoms with van der Waals surface area (Å²) in [6, 6.07) is 12.0. The van der Waals surface area contributed by atoms with Crippen molar-refractivity contribution in [3.63, 3.8) is 0 Å². The van der Waals surface area contributed by atoms with Crippen LogP contribution in [0.4, 0.5) is 0 Å². The molecule has 0 aromatic heterocycles. The molecule has 1 aromatic rings. The molecule has 0 atom stereocenters. The van der Waals surface area contributed by atoms with Crippen molar-refractivity contribution in [2.45, 2.75) is 0 Å². The zero-order valence-corrected chi connectivity index (χ0v) is 10.2. The number of benzene rings is 1. The predicted octanol–water partition coefficient (Wildman–Crippen LogP) is -7.87. The van der Waals surface area contributed by atoms with Crippen LogP contribution >= 0.6 is 0 Å². The Bertz CT molecular complexity index is 118. The van der Waals surface area contributed by atoms with Gasteiger partial charge in [0.25, 0.3) is 21.1 Å². The molecule has 0 saturated heterocycles. The third-order valence-corrected chi connectivity index (χ3v) is 0.667. The van der Waals surface area contributed by atoms with Gasteiger partial charge in [0.2, 0.25) is 0 Å². The summed E-state index contributed by atoms with van der Waals surface area (Å²) in [5, 5.41) is 0. The van der Waals surface area contributed by atoms with E-state index in [-0.39, 0.29) is 29.6 Å². The Hall–Kier alpha value is 0.830. The van der Waals surface area contributed by atoms with Crippen LogP contribution in [-0.2, 0) is 0 Å². The van der Waals surface area contributed by atoms with Crippen molar-refractivity contribution in [3.8, 4) is 0 Å². The molecule has 1 rings (SSSR count). The summed E-state index contributed by atoms with van der Waals surface area (Å²) in [5.74, 6) is 0. The Labute approximate surface area is 96.4 Å². The molecule has 0 N–H and O–H groups in total. The van der Waals surface area contributed by atoms with Crippen molar-refractivity contribution >= 4 is 0 Å². The normalized spacial score (nSPS) is 7.64. The summed E-state index contributed by atoms with van der Waals surface area (Å²) in [7, 11) is 0. The molecule has 56 valence electrons. The third kappa shape index (κ3) is 18.1. The van der Waals surface area contributed by atoms with Crippen molar-refractivity contribution in [1.82, 2.24) is 0 Å². The molecular weight excluding hydrogens is 270 g/mol. The second-order valence-corrected chi connectivity index (χ2v) is 2.42. The second kappa shape index (κ2) is 10.8. The fourth-order valence-corrected chi connectivity index (χ4v) is 0.385. The first-order valence-corrected chi connectivity index (χ1v) is 5.11. The van der Waals surface area contributed by atoms with E-state index in [4.69, 9.17) is 10.3 Å². The van der Waals surface area contributed by atoms with Gasteiger partial charge in [-0.05, 0) is 0 Å². The summed E-state index contributed by atoms with van der Waals surface area (Å²) in [6.45, 7) is 0. The minimum atomic E-state index is -4.01. The van der Waals surface area contributed by atoms with Crippen LogP contribution < -0.4 is 60.9 Å². The molecule has 0 amide bonds. The summed E-state index contributed by atoms with van der Waals surface area (Å²) in [6.07, 6.45) is 0. The van der Waals surface area contributed by atoms with Gasteiger partial charge in [-0.15, -0.1) is 0 Å². The van der Waals surface area contributed by atoms with Gasteiger partial charge in [-0.2, -0.15) is 0 Å². The van der Waals surface area contributed by atoms with E-state index in [0.29, 0.717) is 0 Å². The molecule has 0 fully saturated rings. The average Bonchev–Trinajstić information content (AvgIpc) is 1.90. The maximum absolute atomic E-state index is 8.57. The molecule has 11 heavy (non-hydrogen) atoms. The minimum Gasteiger partial charge on any atom is -0.427 e. The molecule has 3 nitrogen and oxygen atoms in total. The first-order chi connectivity index (χ1) is 4.73. The van der Waals surface area contributed by atoms with Crippen LogP contribution in [0.5, 0.6) is 0 Å². The summed E-state index contributed by atoms with van der Waals surface area (Å²) in [5.41, 5.74) is 0. The van der Waals surface area contributed by atoms with Crippen LogP contribution in [0.2, 0.25) is 0 Å². The average molecular weight is 276 g/mol. The van der Waals surface area contributed by atoms with Crippen molar-refractivity contribution in [2.24, 2.45) is 0 Å². The van der Waals surface area contributed by atoms with Crippen molar-refractivity contribution in [3.05, 3.63) is 36.4 Å². The first kappa shape index (κ1) is 14.4. The topological polar surface area (TPSA) is 69.2 Å². The van der Waals surface area contributed by atoms with Gasteiger partial charge in [-0.25, -0.2) is 0 Å². The van der Waals surface area contributed by atoms with Gasteiger partial charge in [-0.1, -0.05) is 36.4 Å². The minimum absolute atomic E-state index is 0. The van der Waals surface area contributed by atoms with Gasteiger partial charge in [0.1, 0.15) is 0 Å². The molecule has 0 saturated carbocycles. The molecule has 1 aromatic carbocycles. The molecule has 0 radical (unpaired) electrons. The predicted molar refractivity (Wildman–Crippen MR) is 26.4 cm³/mol. The molecule has 5 heteroatoms. The number of halogens is 1. The second-order valence-electron chi connectivity index (χ2n) is 1.34. The third-order valence-electron chi connectivity index (χ3n) is 0.667.